The van der Waals surface area contributed by atoms with Crippen LogP contribution in [0.15, 0.2) is 23.4 Å². The minimum absolute atomic E-state index is 0.0863. The lowest BCUT2D eigenvalue weighted by Crippen LogP contribution is -2.15. The van der Waals surface area contributed by atoms with E-state index in [0.717, 1.165) is 36.8 Å². The molecule has 1 N–H and O–H groups in total. The van der Waals surface area contributed by atoms with Crippen LogP contribution in [0.4, 0.5) is 10.1 Å². The summed E-state index contributed by atoms with van der Waals surface area (Å²) in [5, 5.41) is 12.0. The van der Waals surface area contributed by atoms with Crippen molar-refractivity contribution in [2.75, 3.05) is 11.1 Å². The molecular weight excluding hydrogens is 339 g/mol. The van der Waals surface area contributed by atoms with Gasteiger partial charge >= 0.3 is 0 Å². The highest BCUT2D eigenvalue weighted by atomic mass is 35.5. The van der Waals surface area contributed by atoms with Gasteiger partial charge in [-0.05, 0) is 31.0 Å². The number of aryl methyl sites for hydroxylation is 1. The number of amides is 1. The summed E-state index contributed by atoms with van der Waals surface area (Å²) in [6.45, 7) is 0.884. The Morgan fingerprint density at radius 2 is 2.22 bits per heavy atom. The molecule has 2 heterocycles. The van der Waals surface area contributed by atoms with Gasteiger partial charge in [-0.1, -0.05) is 29.8 Å². The average molecular weight is 355 g/mol. The molecule has 1 aliphatic rings. The number of anilines is 1. The minimum Gasteiger partial charge on any atom is -0.323 e. The summed E-state index contributed by atoms with van der Waals surface area (Å²) in [4.78, 5) is 12.0. The Kier molecular flexibility index (Phi) is 5.17. The summed E-state index contributed by atoms with van der Waals surface area (Å²) in [6.07, 6.45) is 4.32. The highest BCUT2D eigenvalue weighted by Crippen LogP contribution is 2.23. The number of halogens is 2. The van der Waals surface area contributed by atoms with Gasteiger partial charge in [-0.25, -0.2) is 4.39 Å². The van der Waals surface area contributed by atoms with Gasteiger partial charge in [0.05, 0.1) is 11.4 Å². The molecule has 0 spiro atoms. The lowest BCUT2D eigenvalue weighted by Gasteiger charge is -2.08. The Hall–Kier alpha value is -1.60. The van der Waals surface area contributed by atoms with Gasteiger partial charge in [0, 0.05) is 18.0 Å². The number of fused-ring (bicyclic) bond motifs is 1. The number of thioether (sulfide) groups is 1. The molecule has 122 valence electrons. The van der Waals surface area contributed by atoms with Crippen LogP contribution in [-0.4, -0.2) is 26.4 Å². The highest BCUT2D eigenvalue weighted by Gasteiger charge is 2.16. The predicted octanol–water partition coefficient (Wildman–Crippen LogP) is 3.53. The lowest BCUT2D eigenvalue weighted by molar-refractivity contribution is -0.113. The zero-order chi connectivity index (χ0) is 16.2. The van der Waals surface area contributed by atoms with E-state index in [2.05, 4.69) is 20.1 Å². The van der Waals surface area contributed by atoms with Crippen LogP contribution in [0.5, 0.6) is 0 Å². The van der Waals surface area contributed by atoms with Crippen LogP contribution in [0.25, 0.3) is 0 Å². The second kappa shape index (κ2) is 7.31. The van der Waals surface area contributed by atoms with E-state index in [1.165, 1.54) is 36.4 Å². The van der Waals surface area contributed by atoms with Crippen molar-refractivity contribution in [3.05, 3.63) is 34.9 Å². The van der Waals surface area contributed by atoms with Crippen LogP contribution in [-0.2, 0) is 17.8 Å². The van der Waals surface area contributed by atoms with Crippen molar-refractivity contribution in [3.8, 4) is 0 Å². The molecule has 0 radical (unpaired) electrons. The largest absolute Gasteiger partial charge is 0.323 e. The Morgan fingerprint density at radius 1 is 1.35 bits per heavy atom. The first-order chi connectivity index (χ1) is 11.1. The van der Waals surface area contributed by atoms with E-state index >= 15 is 0 Å². The normalized spacial score (nSPS) is 14.2. The summed E-state index contributed by atoms with van der Waals surface area (Å²) >= 11 is 7.12. The topological polar surface area (TPSA) is 59.8 Å². The molecule has 1 amide bonds. The van der Waals surface area contributed by atoms with Crippen molar-refractivity contribution >= 4 is 35.0 Å². The first-order valence-electron chi connectivity index (χ1n) is 7.43. The molecule has 2 aromatic rings. The number of carbonyl (C=O) groups excluding carboxylic acids is 1. The highest BCUT2D eigenvalue weighted by molar-refractivity contribution is 7.99. The smallest absolute Gasteiger partial charge is 0.234 e. The van der Waals surface area contributed by atoms with E-state index in [4.69, 9.17) is 11.6 Å². The fourth-order valence-corrected chi connectivity index (χ4v) is 3.43. The van der Waals surface area contributed by atoms with Gasteiger partial charge in [0.25, 0.3) is 0 Å². The third kappa shape index (κ3) is 4.03. The molecule has 5 nitrogen and oxygen atoms in total. The van der Waals surface area contributed by atoms with Crippen LogP contribution in [0, 0.1) is 5.82 Å². The lowest BCUT2D eigenvalue weighted by atomic mass is 10.2. The Balaban J connectivity index is 1.61. The number of aromatic nitrogens is 3. The molecule has 0 bridgehead atoms. The molecule has 23 heavy (non-hydrogen) atoms. The van der Waals surface area contributed by atoms with Crippen molar-refractivity contribution in [3.63, 3.8) is 0 Å². The van der Waals surface area contributed by atoms with Gasteiger partial charge in [0.15, 0.2) is 5.16 Å². The summed E-state index contributed by atoms with van der Waals surface area (Å²) in [7, 11) is 0. The monoisotopic (exact) mass is 354 g/mol. The fourth-order valence-electron chi connectivity index (χ4n) is 2.47. The van der Waals surface area contributed by atoms with Gasteiger partial charge in [-0.15, -0.1) is 10.2 Å². The van der Waals surface area contributed by atoms with Gasteiger partial charge < -0.3 is 9.88 Å². The second-order valence-electron chi connectivity index (χ2n) is 5.32. The van der Waals surface area contributed by atoms with Crippen molar-refractivity contribution in [1.82, 2.24) is 14.8 Å². The maximum absolute atomic E-state index is 13.6. The van der Waals surface area contributed by atoms with Crippen LogP contribution < -0.4 is 5.32 Å². The molecule has 0 saturated heterocycles. The van der Waals surface area contributed by atoms with E-state index in [1.54, 1.807) is 0 Å². The molecule has 0 unspecified atom stereocenters. The van der Waals surface area contributed by atoms with E-state index in [0.29, 0.717) is 5.02 Å². The van der Waals surface area contributed by atoms with Crippen molar-refractivity contribution in [2.45, 2.75) is 37.4 Å². The Morgan fingerprint density at radius 3 is 3.09 bits per heavy atom. The van der Waals surface area contributed by atoms with E-state index in [-0.39, 0.29) is 17.3 Å². The van der Waals surface area contributed by atoms with Crippen LogP contribution in [0.1, 0.15) is 25.1 Å². The molecular formula is C15H16ClFN4OS. The van der Waals surface area contributed by atoms with Crippen LogP contribution in [0.3, 0.4) is 0 Å². The molecule has 0 fully saturated rings. The SMILES string of the molecule is O=C(CSc1nnc2n1CCCCC2)Nc1cc(Cl)ccc1F. The second-order valence-corrected chi connectivity index (χ2v) is 6.70. The predicted molar refractivity (Wildman–Crippen MR) is 88.3 cm³/mol. The number of rotatable bonds is 4. The molecule has 1 aromatic carbocycles. The molecule has 0 saturated carbocycles. The first kappa shape index (κ1) is 16.3. The van der Waals surface area contributed by atoms with Gasteiger partial charge in [0.2, 0.25) is 5.91 Å². The average Bonchev–Trinajstić information content (AvgIpc) is 2.76. The summed E-state index contributed by atoms with van der Waals surface area (Å²) < 4.78 is 15.7. The maximum Gasteiger partial charge on any atom is 0.234 e. The summed E-state index contributed by atoms with van der Waals surface area (Å²) in [6, 6.07) is 4.05. The van der Waals surface area contributed by atoms with Crippen molar-refractivity contribution < 1.29 is 9.18 Å². The van der Waals surface area contributed by atoms with Crippen LogP contribution >= 0.6 is 23.4 Å². The number of hydrogen-bond acceptors (Lipinski definition) is 4. The summed E-state index contributed by atoms with van der Waals surface area (Å²) in [5.74, 6) is 0.307. The van der Waals surface area contributed by atoms with Crippen LogP contribution in [0.2, 0.25) is 5.02 Å². The zero-order valence-corrected chi connectivity index (χ0v) is 14.0. The minimum atomic E-state index is -0.510. The summed E-state index contributed by atoms with van der Waals surface area (Å²) in [5.41, 5.74) is 0.0863. The molecule has 1 aliphatic heterocycles. The maximum atomic E-state index is 13.6. The van der Waals surface area contributed by atoms with Crippen molar-refractivity contribution in [2.24, 2.45) is 0 Å². The van der Waals surface area contributed by atoms with Crippen molar-refractivity contribution in [1.29, 1.82) is 0 Å². The standard InChI is InChI=1S/C15H16ClFN4OS/c16-10-5-6-11(17)12(8-10)18-14(22)9-23-15-20-19-13-4-2-1-3-7-21(13)15/h5-6,8H,1-4,7,9H2,(H,18,22). The van der Waals surface area contributed by atoms with E-state index < -0.39 is 5.82 Å². The molecule has 3 rings (SSSR count). The van der Waals surface area contributed by atoms with E-state index in [1.807, 2.05) is 0 Å². The third-order valence-corrected chi connectivity index (χ3v) is 4.81. The zero-order valence-electron chi connectivity index (χ0n) is 12.4. The molecule has 1 aromatic heterocycles. The number of benzene rings is 1. The van der Waals surface area contributed by atoms with Gasteiger partial charge in [-0.3, -0.25) is 4.79 Å². The molecule has 0 aliphatic carbocycles. The van der Waals surface area contributed by atoms with Gasteiger partial charge in [0.1, 0.15) is 11.6 Å². The Labute approximate surface area is 142 Å². The number of hydrogen-bond donors (Lipinski definition) is 1. The fraction of sp³-hybridized carbons (Fsp3) is 0.400. The number of nitrogens with zero attached hydrogens (tertiary/aromatic N) is 3. The Bertz CT molecular complexity index is 721. The number of nitrogens with one attached hydrogen (secondary N) is 1. The molecule has 0 atom stereocenters. The van der Waals surface area contributed by atoms with E-state index in [9.17, 15) is 9.18 Å². The molecule has 8 heteroatoms. The quantitative estimate of drug-likeness (QED) is 0.853. The van der Waals surface area contributed by atoms with Gasteiger partial charge in [-0.2, -0.15) is 0 Å². The third-order valence-electron chi connectivity index (χ3n) is 3.61. The first-order valence-corrected chi connectivity index (χ1v) is 8.79. The number of carbonyl (C=O) groups is 1.